The third-order valence-corrected chi connectivity index (χ3v) is 5.72. The van der Waals surface area contributed by atoms with E-state index in [-0.39, 0.29) is 10.8 Å². The van der Waals surface area contributed by atoms with Gasteiger partial charge in [-0.1, -0.05) is 55.0 Å². The summed E-state index contributed by atoms with van der Waals surface area (Å²) in [6.07, 6.45) is 0.671. The van der Waals surface area contributed by atoms with Crippen molar-refractivity contribution in [3.8, 4) is 0 Å². The van der Waals surface area contributed by atoms with Crippen LogP contribution in [-0.2, 0) is 23.0 Å². The molecule has 2 N–H and O–H groups in total. The molecule has 1 aromatic heterocycles. The number of aryl methyl sites for hydroxylation is 1. The normalized spacial score (nSPS) is 12.9. The van der Waals surface area contributed by atoms with Crippen molar-refractivity contribution < 1.29 is 8.42 Å². The van der Waals surface area contributed by atoms with E-state index < -0.39 is 10.0 Å². The smallest absolute Gasteiger partial charge is 0.238 e. The Morgan fingerprint density at radius 2 is 1.74 bits per heavy atom. The summed E-state index contributed by atoms with van der Waals surface area (Å²) in [6, 6.07) is 15.1. The zero-order chi connectivity index (χ0) is 19.6. The van der Waals surface area contributed by atoms with Gasteiger partial charge in [0.1, 0.15) is 11.6 Å². The molecular weight excluding hydrogens is 360 g/mol. The van der Waals surface area contributed by atoms with Crippen LogP contribution >= 0.6 is 0 Å². The van der Waals surface area contributed by atoms with E-state index in [0.29, 0.717) is 18.5 Å². The van der Waals surface area contributed by atoms with Crippen molar-refractivity contribution in [3.05, 3.63) is 76.9 Å². The fraction of sp³-hybridized carbons (Fsp3) is 0.300. The van der Waals surface area contributed by atoms with Gasteiger partial charge in [-0.3, -0.25) is 0 Å². The number of rotatable bonds is 6. The maximum atomic E-state index is 12.0. The van der Waals surface area contributed by atoms with Crippen LogP contribution in [0.2, 0.25) is 0 Å². The van der Waals surface area contributed by atoms with Crippen molar-refractivity contribution in [2.75, 3.05) is 0 Å². The SMILES string of the molecule is CCn1c(Cc2ccc(C)cc2)nnc1[C@H](C)c1ccccc1S(N)(=O)=O. The van der Waals surface area contributed by atoms with Crippen LogP contribution in [0.4, 0.5) is 0 Å². The highest BCUT2D eigenvalue weighted by atomic mass is 32.2. The molecule has 0 amide bonds. The van der Waals surface area contributed by atoms with Crippen molar-refractivity contribution in [1.29, 1.82) is 0 Å². The number of hydrogen-bond donors (Lipinski definition) is 1. The highest BCUT2D eigenvalue weighted by Crippen LogP contribution is 2.28. The van der Waals surface area contributed by atoms with Crippen LogP contribution in [0.1, 0.15) is 48.1 Å². The molecule has 142 valence electrons. The van der Waals surface area contributed by atoms with E-state index in [1.165, 1.54) is 11.6 Å². The summed E-state index contributed by atoms with van der Waals surface area (Å²) >= 11 is 0. The van der Waals surface area contributed by atoms with Gasteiger partial charge in [-0.2, -0.15) is 0 Å². The number of nitrogens with zero attached hydrogens (tertiary/aromatic N) is 3. The highest BCUT2D eigenvalue weighted by molar-refractivity contribution is 7.89. The van der Waals surface area contributed by atoms with Crippen molar-refractivity contribution in [3.63, 3.8) is 0 Å². The molecule has 0 aliphatic heterocycles. The largest absolute Gasteiger partial charge is 0.314 e. The molecule has 6 nitrogen and oxygen atoms in total. The fourth-order valence-electron chi connectivity index (χ4n) is 3.27. The lowest BCUT2D eigenvalue weighted by Gasteiger charge is -2.16. The molecule has 1 heterocycles. The second kappa shape index (κ2) is 7.62. The van der Waals surface area contributed by atoms with Crippen molar-refractivity contribution in [2.45, 2.75) is 44.6 Å². The molecule has 0 spiro atoms. The average Bonchev–Trinajstić information content (AvgIpc) is 3.05. The van der Waals surface area contributed by atoms with Gasteiger partial charge in [0.05, 0.1) is 4.90 Å². The number of sulfonamides is 1. The highest BCUT2D eigenvalue weighted by Gasteiger charge is 2.24. The van der Waals surface area contributed by atoms with Gasteiger partial charge in [0, 0.05) is 18.9 Å². The van der Waals surface area contributed by atoms with Crippen LogP contribution in [0.3, 0.4) is 0 Å². The molecule has 0 unspecified atom stereocenters. The standard InChI is InChI=1S/C20H24N4O2S/c1-4-24-19(13-16-11-9-14(2)10-12-16)22-23-20(24)15(3)17-7-5-6-8-18(17)27(21,25)26/h5-12,15H,4,13H2,1-3H3,(H2,21,25,26)/t15-/m1/s1. The molecule has 3 aromatic rings. The first-order valence-electron chi connectivity index (χ1n) is 8.90. The van der Waals surface area contributed by atoms with Gasteiger partial charge in [-0.15, -0.1) is 10.2 Å². The minimum absolute atomic E-state index is 0.128. The first-order valence-corrected chi connectivity index (χ1v) is 10.4. The second-order valence-electron chi connectivity index (χ2n) is 6.69. The summed E-state index contributed by atoms with van der Waals surface area (Å²) in [6.45, 7) is 6.71. The van der Waals surface area contributed by atoms with Crippen molar-refractivity contribution >= 4 is 10.0 Å². The third-order valence-electron chi connectivity index (χ3n) is 4.73. The Bertz CT molecular complexity index is 1040. The molecule has 7 heteroatoms. The Balaban J connectivity index is 1.99. The number of benzene rings is 2. The maximum absolute atomic E-state index is 12.0. The van der Waals surface area contributed by atoms with Crippen LogP contribution < -0.4 is 5.14 Å². The van der Waals surface area contributed by atoms with Crippen LogP contribution in [0.5, 0.6) is 0 Å². The zero-order valence-electron chi connectivity index (χ0n) is 15.8. The van der Waals surface area contributed by atoms with E-state index in [4.69, 9.17) is 5.14 Å². The van der Waals surface area contributed by atoms with Crippen molar-refractivity contribution in [1.82, 2.24) is 14.8 Å². The Hall–Kier alpha value is -2.51. The molecule has 0 saturated carbocycles. The molecule has 0 bridgehead atoms. The lowest BCUT2D eigenvalue weighted by Crippen LogP contribution is -2.17. The number of nitrogens with two attached hydrogens (primary N) is 1. The number of aromatic nitrogens is 3. The topological polar surface area (TPSA) is 90.9 Å². The van der Waals surface area contributed by atoms with Gasteiger partial charge in [0.15, 0.2) is 0 Å². The summed E-state index contributed by atoms with van der Waals surface area (Å²) < 4.78 is 26.0. The van der Waals surface area contributed by atoms with Crippen molar-refractivity contribution in [2.24, 2.45) is 5.14 Å². The quantitative estimate of drug-likeness (QED) is 0.707. The Morgan fingerprint density at radius 1 is 1.07 bits per heavy atom. The minimum Gasteiger partial charge on any atom is -0.314 e. The zero-order valence-corrected chi connectivity index (χ0v) is 16.6. The first-order chi connectivity index (χ1) is 12.8. The lowest BCUT2D eigenvalue weighted by molar-refractivity contribution is 0.594. The molecule has 3 rings (SSSR count). The molecule has 2 aromatic carbocycles. The summed E-state index contributed by atoms with van der Waals surface area (Å²) in [5.41, 5.74) is 3.00. The van der Waals surface area contributed by atoms with E-state index in [0.717, 1.165) is 17.2 Å². The molecule has 0 fully saturated rings. The Morgan fingerprint density at radius 3 is 2.37 bits per heavy atom. The van der Waals surface area contributed by atoms with Crippen LogP contribution in [-0.4, -0.2) is 23.2 Å². The molecular formula is C20H24N4O2S. The average molecular weight is 385 g/mol. The molecule has 1 atom stereocenters. The molecule has 0 aliphatic rings. The van der Waals surface area contributed by atoms with Crippen LogP contribution in [0.25, 0.3) is 0 Å². The maximum Gasteiger partial charge on any atom is 0.238 e. The van der Waals surface area contributed by atoms with Gasteiger partial charge in [0.25, 0.3) is 0 Å². The lowest BCUT2D eigenvalue weighted by atomic mass is 10.00. The summed E-state index contributed by atoms with van der Waals surface area (Å²) in [5.74, 6) is 1.34. The summed E-state index contributed by atoms with van der Waals surface area (Å²) in [4.78, 5) is 0.128. The Kier molecular flexibility index (Phi) is 5.43. The van der Waals surface area contributed by atoms with Gasteiger partial charge in [-0.05, 0) is 31.0 Å². The number of primary sulfonamides is 1. The van der Waals surface area contributed by atoms with Gasteiger partial charge in [0.2, 0.25) is 10.0 Å². The minimum atomic E-state index is -3.81. The second-order valence-corrected chi connectivity index (χ2v) is 8.22. The fourth-order valence-corrected chi connectivity index (χ4v) is 4.11. The van der Waals surface area contributed by atoms with E-state index in [1.54, 1.807) is 18.2 Å². The summed E-state index contributed by atoms with van der Waals surface area (Å²) in [7, 11) is -3.81. The van der Waals surface area contributed by atoms with E-state index >= 15 is 0 Å². The first kappa shape index (κ1) is 19.3. The molecule has 0 radical (unpaired) electrons. The van der Waals surface area contributed by atoms with Gasteiger partial charge < -0.3 is 4.57 Å². The molecule has 0 saturated heterocycles. The monoisotopic (exact) mass is 384 g/mol. The van der Waals surface area contributed by atoms with Gasteiger partial charge in [-0.25, -0.2) is 13.6 Å². The van der Waals surface area contributed by atoms with E-state index in [2.05, 4.69) is 41.4 Å². The number of hydrogen-bond acceptors (Lipinski definition) is 4. The Labute approximate surface area is 160 Å². The third kappa shape index (κ3) is 4.09. The predicted molar refractivity (Wildman–Crippen MR) is 105 cm³/mol. The molecule has 0 aliphatic carbocycles. The van der Waals surface area contributed by atoms with E-state index in [1.807, 2.05) is 18.4 Å². The van der Waals surface area contributed by atoms with Gasteiger partial charge >= 0.3 is 0 Å². The predicted octanol–water partition coefficient (Wildman–Crippen LogP) is 3.00. The van der Waals surface area contributed by atoms with E-state index in [9.17, 15) is 8.42 Å². The summed E-state index contributed by atoms with van der Waals surface area (Å²) in [5, 5.41) is 14.1. The van der Waals surface area contributed by atoms with Crippen LogP contribution in [0.15, 0.2) is 53.4 Å². The molecule has 27 heavy (non-hydrogen) atoms. The van der Waals surface area contributed by atoms with Crippen LogP contribution in [0, 0.1) is 6.92 Å².